The number of guanidine groups is 1. The van der Waals surface area contributed by atoms with Crippen LogP contribution in [0.1, 0.15) is 125 Å². The van der Waals surface area contributed by atoms with Crippen LogP contribution in [-0.2, 0) is 49.6 Å². The van der Waals surface area contributed by atoms with Crippen LogP contribution in [0.4, 0.5) is 0 Å². The SMILES string of the molecule is CC[C@H](C)[C@H](N)C(=O)N1CCC[C@H]1C(=O)N[C@@H](Cc1c[nH]c2ccccc12)C(=O)N[C@@H](CCC(N)=O)C(=O)N[C@@H](CCCN=C(N)N)C(=O)N[C@@H](CC(C)C)C(=O)N[C@@H](CC(C)C)C(=O)N[C@@H](CC(C)C)C(=O)O. The topological polar surface area (TPSA) is 382 Å². The molecule has 74 heavy (non-hydrogen) atoms. The predicted molar refractivity (Wildman–Crippen MR) is 280 cm³/mol. The van der Waals surface area contributed by atoms with Gasteiger partial charge in [0, 0.05) is 43.0 Å². The number of nitrogens with one attached hydrogen (secondary N) is 7. The maximum Gasteiger partial charge on any atom is 0.326 e. The molecule has 0 aliphatic carbocycles. The lowest BCUT2D eigenvalue weighted by molar-refractivity contribution is -0.143. The van der Waals surface area contributed by atoms with Gasteiger partial charge < -0.3 is 69.8 Å². The number of aliphatic imine (C=N–C) groups is 1. The third-order valence-corrected chi connectivity index (χ3v) is 13.0. The lowest BCUT2D eigenvalue weighted by atomic mass is 9.98. The van der Waals surface area contributed by atoms with Crippen molar-refractivity contribution in [2.75, 3.05) is 13.1 Å². The zero-order valence-corrected chi connectivity index (χ0v) is 44.3. The average molecular weight is 1040 g/mol. The molecule has 1 aliphatic heterocycles. The van der Waals surface area contributed by atoms with E-state index in [0.29, 0.717) is 31.4 Å². The van der Waals surface area contributed by atoms with Gasteiger partial charge in [0.15, 0.2) is 5.96 Å². The molecular weight excluding hydrogens is 955 g/mol. The number of rotatable bonds is 31. The third kappa shape index (κ3) is 19.6. The summed E-state index contributed by atoms with van der Waals surface area (Å²) in [5, 5.41) is 26.7. The van der Waals surface area contributed by atoms with Gasteiger partial charge >= 0.3 is 5.97 Å². The first-order valence-corrected chi connectivity index (χ1v) is 25.8. The first kappa shape index (κ1) is 61.5. The minimum atomic E-state index is -1.50. The highest BCUT2D eigenvalue weighted by Gasteiger charge is 2.40. The first-order valence-electron chi connectivity index (χ1n) is 25.8. The van der Waals surface area contributed by atoms with Gasteiger partial charge in [-0.3, -0.25) is 43.3 Å². The highest BCUT2D eigenvalue weighted by Crippen LogP contribution is 2.23. The fraction of sp³-hybridized carbons (Fsp3) is 0.647. The van der Waals surface area contributed by atoms with Gasteiger partial charge in [0.05, 0.1) is 6.04 Å². The highest BCUT2D eigenvalue weighted by atomic mass is 16.4. The summed E-state index contributed by atoms with van der Waals surface area (Å²) in [4.78, 5) is 132. The van der Waals surface area contributed by atoms with E-state index in [4.69, 9.17) is 22.9 Å². The van der Waals surface area contributed by atoms with Crippen molar-refractivity contribution in [3.63, 3.8) is 0 Å². The Morgan fingerprint density at radius 3 is 1.73 bits per heavy atom. The largest absolute Gasteiger partial charge is 0.480 e. The number of para-hydroxylation sites is 1. The van der Waals surface area contributed by atoms with Gasteiger partial charge in [0.1, 0.15) is 42.3 Å². The number of aromatic nitrogens is 1. The van der Waals surface area contributed by atoms with Gasteiger partial charge in [-0.2, -0.15) is 0 Å². The molecule has 1 fully saturated rings. The van der Waals surface area contributed by atoms with E-state index in [2.05, 4.69) is 41.9 Å². The number of nitrogens with zero attached hydrogens (tertiary/aromatic N) is 2. The second kappa shape index (κ2) is 29.8. The molecule has 412 valence electrons. The molecule has 23 heteroatoms. The maximum absolute atomic E-state index is 14.6. The Balaban J connectivity index is 1.97. The second-order valence-corrected chi connectivity index (χ2v) is 20.7. The summed E-state index contributed by atoms with van der Waals surface area (Å²) in [6, 6.07) is -2.26. The molecule has 1 aromatic carbocycles. The quantitative estimate of drug-likeness (QED) is 0.0279. The number of carboxylic acids is 1. The van der Waals surface area contributed by atoms with Crippen LogP contribution in [0.25, 0.3) is 10.9 Å². The summed E-state index contributed by atoms with van der Waals surface area (Å²) in [5.41, 5.74) is 24.4. The molecule has 3 rings (SSSR count). The number of carboxylic acid groups (broad SMARTS) is 1. The summed E-state index contributed by atoms with van der Waals surface area (Å²) in [6.07, 6.45) is 2.89. The van der Waals surface area contributed by atoms with Crippen molar-refractivity contribution < 1.29 is 48.3 Å². The second-order valence-electron chi connectivity index (χ2n) is 20.7. The fourth-order valence-electron chi connectivity index (χ4n) is 8.78. The smallest absolute Gasteiger partial charge is 0.326 e. The summed E-state index contributed by atoms with van der Waals surface area (Å²) in [7, 11) is 0. The number of nitrogens with two attached hydrogens (primary N) is 4. The lowest BCUT2D eigenvalue weighted by Crippen LogP contribution is -2.60. The van der Waals surface area contributed by atoms with E-state index in [9.17, 15) is 48.3 Å². The Hall–Kier alpha value is -6.78. The van der Waals surface area contributed by atoms with E-state index in [1.54, 1.807) is 6.20 Å². The Morgan fingerprint density at radius 2 is 1.20 bits per heavy atom. The normalized spacial score (nSPS) is 16.8. The van der Waals surface area contributed by atoms with E-state index >= 15 is 0 Å². The van der Waals surface area contributed by atoms with E-state index < -0.39 is 95.7 Å². The molecule has 0 bridgehead atoms. The van der Waals surface area contributed by atoms with Crippen molar-refractivity contribution in [2.45, 2.75) is 174 Å². The number of amides is 8. The Kier molecular flexibility index (Phi) is 24.8. The highest BCUT2D eigenvalue weighted by molar-refractivity contribution is 5.98. The number of fused-ring (bicyclic) bond motifs is 1. The molecule has 1 saturated heterocycles. The van der Waals surface area contributed by atoms with Gasteiger partial charge in [-0.05, 0) is 86.7 Å². The number of carbonyl (C=O) groups excluding carboxylic acids is 8. The molecule has 8 amide bonds. The van der Waals surface area contributed by atoms with Crippen molar-refractivity contribution in [2.24, 2.45) is 51.6 Å². The summed E-state index contributed by atoms with van der Waals surface area (Å²) < 4.78 is 0. The Bertz CT molecular complexity index is 2280. The standard InChI is InChI=1S/C51H83N13O10/c1-9-30(8)42(53)49(72)64-21-13-17-40(64)48(71)62-38(25-31-26-57-33-15-11-10-14-32(31)33)47(70)59-35(18-19-41(52)65)44(67)58-34(16-12-20-56-51(54)55)43(66)60-36(22-27(2)3)45(68)61-37(23-28(4)5)46(69)63-39(50(73)74)24-29(6)7/h10-11,14-15,26-30,34-40,42,57H,9,12-13,16-25,53H2,1-8H3,(H2,52,65)(H,58,67)(H,59,70)(H,60,66)(H,61,68)(H,62,71)(H,63,69)(H,73,74)(H4,54,55,56)/t30-,34-,35-,36-,37-,38-,39-,40-,42-/m0/s1. The minimum Gasteiger partial charge on any atom is -0.480 e. The molecule has 23 nitrogen and oxygen atoms in total. The van der Waals surface area contributed by atoms with Crippen molar-refractivity contribution in [3.05, 3.63) is 36.0 Å². The van der Waals surface area contributed by atoms with Crippen molar-refractivity contribution in [3.8, 4) is 0 Å². The number of hydrogen-bond donors (Lipinski definition) is 12. The van der Waals surface area contributed by atoms with Crippen LogP contribution >= 0.6 is 0 Å². The summed E-state index contributed by atoms with van der Waals surface area (Å²) in [5.74, 6) is -7.68. The van der Waals surface area contributed by atoms with Gasteiger partial charge in [0.2, 0.25) is 47.3 Å². The van der Waals surface area contributed by atoms with Crippen LogP contribution in [0, 0.1) is 23.7 Å². The number of hydrogen-bond acceptors (Lipinski definition) is 11. The van der Waals surface area contributed by atoms with Crippen molar-refractivity contribution in [1.82, 2.24) is 41.8 Å². The molecule has 2 heterocycles. The minimum absolute atomic E-state index is 0.0443. The van der Waals surface area contributed by atoms with Crippen LogP contribution in [0.3, 0.4) is 0 Å². The van der Waals surface area contributed by atoms with Gasteiger partial charge in [-0.1, -0.05) is 80.0 Å². The van der Waals surface area contributed by atoms with Crippen LogP contribution in [-0.4, -0.2) is 136 Å². The molecule has 0 unspecified atom stereocenters. The predicted octanol–water partition coefficient (Wildman–Crippen LogP) is 0.526. The zero-order chi connectivity index (χ0) is 55.4. The Morgan fingerprint density at radius 1 is 0.703 bits per heavy atom. The van der Waals surface area contributed by atoms with E-state index in [0.717, 1.165) is 10.9 Å². The first-order chi connectivity index (χ1) is 34.8. The third-order valence-electron chi connectivity index (χ3n) is 13.0. The van der Waals surface area contributed by atoms with Gasteiger partial charge in [-0.15, -0.1) is 0 Å². The van der Waals surface area contributed by atoms with Crippen molar-refractivity contribution >= 4 is 70.1 Å². The number of aliphatic carboxylic acids is 1. The van der Waals surface area contributed by atoms with E-state index in [1.807, 2.05) is 79.7 Å². The summed E-state index contributed by atoms with van der Waals surface area (Å²) in [6.45, 7) is 15.0. The fourth-order valence-corrected chi connectivity index (χ4v) is 8.78. The van der Waals surface area contributed by atoms with Crippen LogP contribution in [0.15, 0.2) is 35.5 Å². The van der Waals surface area contributed by atoms with Crippen LogP contribution in [0.5, 0.6) is 0 Å². The van der Waals surface area contributed by atoms with E-state index in [-0.39, 0.29) is 93.4 Å². The van der Waals surface area contributed by atoms with Crippen LogP contribution in [0.2, 0.25) is 0 Å². The number of carbonyl (C=O) groups is 9. The van der Waals surface area contributed by atoms with E-state index in [1.165, 1.54) is 4.90 Å². The van der Waals surface area contributed by atoms with Crippen LogP contribution < -0.4 is 54.8 Å². The molecule has 1 aromatic heterocycles. The number of primary amides is 1. The lowest BCUT2D eigenvalue weighted by Gasteiger charge is -2.30. The number of aromatic amines is 1. The molecule has 0 saturated carbocycles. The molecule has 16 N–H and O–H groups in total. The number of benzene rings is 1. The zero-order valence-electron chi connectivity index (χ0n) is 44.3. The Labute approximate surface area is 434 Å². The molecule has 9 atom stereocenters. The average Bonchev–Trinajstić information content (AvgIpc) is 3.99. The van der Waals surface area contributed by atoms with Gasteiger partial charge in [0.25, 0.3) is 0 Å². The molecule has 1 aliphatic rings. The molecule has 0 spiro atoms. The monoisotopic (exact) mass is 1040 g/mol. The molecule has 0 radical (unpaired) electrons. The number of H-pyrrole nitrogens is 1. The molecule has 2 aromatic rings. The van der Waals surface area contributed by atoms with Gasteiger partial charge in [-0.25, -0.2) is 4.79 Å². The van der Waals surface area contributed by atoms with Crippen molar-refractivity contribution in [1.29, 1.82) is 0 Å². The summed E-state index contributed by atoms with van der Waals surface area (Å²) >= 11 is 0. The maximum atomic E-state index is 14.6. The number of likely N-dealkylation sites (tertiary alicyclic amines) is 1. The molecular formula is C51H83N13O10.